The summed E-state index contributed by atoms with van der Waals surface area (Å²) in [7, 11) is 0. The van der Waals surface area contributed by atoms with Gasteiger partial charge in [-0.3, -0.25) is 4.98 Å². The largest absolute Gasteiger partial charge is 0.389 e. The number of hydrogen-bond donors (Lipinski definition) is 1. The van der Waals surface area contributed by atoms with Crippen molar-refractivity contribution in [3.05, 3.63) is 53.1 Å². The van der Waals surface area contributed by atoms with E-state index in [1.54, 1.807) is 31.2 Å². The lowest BCUT2D eigenvalue weighted by Gasteiger charge is -2.13. The van der Waals surface area contributed by atoms with E-state index in [1.165, 1.54) is 6.20 Å². The SMILES string of the molecule is CC(O)c1cc(Cl)ccc1-c1ccncc1F. The van der Waals surface area contributed by atoms with Crippen molar-refractivity contribution < 1.29 is 9.50 Å². The third-order valence-corrected chi connectivity index (χ3v) is 2.76. The Kier molecular flexibility index (Phi) is 3.41. The molecule has 0 aliphatic carbocycles. The van der Waals surface area contributed by atoms with E-state index in [-0.39, 0.29) is 0 Å². The molecule has 2 nitrogen and oxygen atoms in total. The molecular weight excluding hydrogens is 241 g/mol. The third kappa shape index (κ3) is 2.46. The Hall–Kier alpha value is -1.45. The van der Waals surface area contributed by atoms with Gasteiger partial charge in [-0.05, 0) is 36.2 Å². The number of aliphatic hydroxyl groups is 1. The van der Waals surface area contributed by atoms with Crippen LogP contribution in [0.25, 0.3) is 11.1 Å². The summed E-state index contributed by atoms with van der Waals surface area (Å²) in [5.41, 5.74) is 1.64. The number of aromatic nitrogens is 1. The minimum atomic E-state index is -0.712. The van der Waals surface area contributed by atoms with Crippen LogP contribution in [0.15, 0.2) is 36.7 Å². The molecule has 1 unspecified atom stereocenters. The molecule has 1 atom stereocenters. The van der Waals surface area contributed by atoms with E-state index < -0.39 is 11.9 Å². The van der Waals surface area contributed by atoms with E-state index in [0.29, 0.717) is 21.7 Å². The first-order valence-corrected chi connectivity index (χ1v) is 5.55. The van der Waals surface area contributed by atoms with E-state index in [1.807, 2.05) is 0 Å². The molecule has 0 aliphatic heterocycles. The molecule has 1 heterocycles. The zero-order chi connectivity index (χ0) is 12.4. The highest BCUT2D eigenvalue weighted by Crippen LogP contribution is 2.31. The second-order valence-corrected chi connectivity index (χ2v) is 4.20. The third-order valence-electron chi connectivity index (χ3n) is 2.53. The highest BCUT2D eigenvalue weighted by atomic mass is 35.5. The molecule has 17 heavy (non-hydrogen) atoms. The number of pyridine rings is 1. The molecule has 2 rings (SSSR count). The molecule has 1 aromatic carbocycles. The van der Waals surface area contributed by atoms with Gasteiger partial charge in [0.2, 0.25) is 0 Å². The van der Waals surface area contributed by atoms with Crippen LogP contribution in [0.3, 0.4) is 0 Å². The van der Waals surface area contributed by atoms with Gasteiger partial charge in [0.05, 0.1) is 12.3 Å². The molecule has 0 bridgehead atoms. The van der Waals surface area contributed by atoms with Gasteiger partial charge in [0, 0.05) is 16.8 Å². The molecule has 1 aromatic heterocycles. The minimum Gasteiger partial charge on any atom is -0.389 e. The van der Waals surface area contributed by atoms with Crippen molar-refractivity contribution in [1.82, 2.24) is 4.98 Å². The van der Waals surface area contributed by atoms with Crippen LogP contribution in [0.2, 0.25) is 5.02 Å². The van der Waals surface area contributed by atoms with Crippen molar-refractivity contribution in [1.29, 1.82) is 0 Å². The van der Waals surface area contributed by atoms with Gasteiger partial charge < -0.3 is 5.11 Å². The van der Waals surface area contributed by atoms with Crippen LogP contribution < -0.4 is 0 Å². The molecule has 0 saturated carbocycles. The summed E-state index contributed by atoms with van der Waals surface area (Å²) in [4.78, 5) is 3.70. The van der Waals surface area contributed by atoms with Crippen LogP contribution in [0.5, 0.6) is 0 Å². The maximum Gasteiger partial charge on any atom is 0.149 e. The first-order chi connectivity index (χ1) is 8.09. The second-order valence-electron chi connectivity index (χ2n) is 3.76. The molecule has 1 N–H and O–H groups in total. The van der Waals surface area contributed by atoms with Gasteiger partial charge in [-0.25, -0.2) is 4.39 Å². The van der Waals surface area contributed by atoms with E-state index in [0.717, 1.165) is 6.20 Å². The Morgan fingerprint density at radius 1 is 1.29 bits per heavy atom. The minimum absolute atomic E-state index is 0.410. The van der Waals surface area contributed by atoms with Crippen LogP contribution >= 0.6 is 11.6 Å². The molecule has 0 aliphatic rings. The summed E-state index contributed by atoms with van der Waals surface area (Å²) >= 11 is 5.87. The van der Waals surface area contributed by atoms with Gasteiger partial charge >= 0.3 is 0 Å². The van der Waals surface area contributed by atoms with Crippen molar-refractivity contribution in [3.63, 3.8) is 0 Å². The monoisotopic (exact) mass is 251 g/mol. The Bertz CT molecular complexity index is 543. The molecule has 0 saturated heterocycles. The Morgan fingerprint density at radius 2 is 2.06 bits per heavy atom. The quantitative estimate of drug-likeness (QED) is 0.885. The fourth-order valence-electron chi connectivity index (χ4n) is 1.72. The summed E-state index contributed by atoms with van der Waals surface area (Å²) in [6, 6.07) is 6.58. The van der Waals surface area contributed by atoms with Crippen molar-refractivity contribution in [2.24, 2.45) is 0 Å². The fraction of sp³-hybridized carbons (Fsp3) is 0.154. The highest BCUT2D eigenvalue weighted by Gasteiger charge is 2.13. The number of halogens is 2. The van der Waals surface area contributed by atoms with Gasteiger partial charge in [-0.15, -0.1) is 0 Å². The predicted octanol–water partition coefficient (Wildman–Crippen LogP) is 3.59. The van der Waals surface area contributed by atoms with Crippen molar-refractivity contribution in [3.8, 4) is 11.1 Å². The number of hydrogen-bond acceptors (Lipinski definition) is 2. The number of rotatable bonds is 2. The van der Waals surface area contributed by atoms with Crippen molar-refractivity contribution in [2.45, 2.75) is 13.0 Å². The Labute approximate surface area is 104 Å². The Balaban J connectivity index is 2.63. The molecule has 88 valence electrons. The fourth-order valence-corrected chi connectivity index (χ4v) is 1.90. The van der Waals surface area contributed by atoms with Crippen LogP contribution in [0.4, 0.5) is 4.39 Å². The predicted molar refractivity (Wildman–Crippen MR) is 65.3 cm³/mol. The second kappa shape index (κ2) is 4.82. The molecule has 0 spiro atoms. The lowest BCUT2D eigenvalue weighted by Crippen LogP contribution is -1.97. The van der Waals surface area contributed by atoms with E-state index >= 15 is 0 Å². The summed E-state index contributed by atoms with van der Waals surface area (Å²) in [6.07, 6.45) is 1.95. The van der Waals surface area contributed by atoms with Crippen LogP contribution in [-0.2, 0) is 0 Å². The first kappa shape index (κ1) is 12.0. The summed E-state index contributed by atoms with van der Waals surface area (Å²) in [6.45, 7) is 1.62. The summed E-state index contributed by atoms with van der Waals surface area (Å²) in [5.74, 6) is -0.420. The standard InChI is InChI=1S/C13H11ClFNO/c1-8(17)12-6-9(14)2-3-10(12)11-4-5-16-7-13(11)15/h2-8,17H,1H3. The maximum absolute atomic E-state index is 13.6. The highest BCUT2D eigenvalue weighted by molar-refractivity contribution is 6.30. The van der Waals surface area contributed by atoms with Gasteiger partial charge in [0.1, 0.15) is 5.82 Å². The van der Waals surface area contributed by atoms with Crippen molar-refractivity contribution in [2.75, 3.05) is 0 Å². The van der Waals surface area contributed by atoms with Gasteiger partial charge in [0.15, 0.2) is 0 Å². The number of nitrogens with zero attached hydrogens (tertiary/aromatic N) is 1. The van der Waals surface area contributed by atoms with E-state index in [4.69, 9.17) is 11.6 Å². The van der Waals surface area contributed by atoms with Gasteiger partial charge in [0.25, 0.3) is 0 Å². The average molecular weight is 252 g/mol. The molecule has 2 aromatic rings. The Morgan fingerprint density at radius 3 is 2.71 bits per heavy atom. The number of benzene rings is 1. The lowest BCUT2D eigenvalue weighted by atomic mass is 9.97. The first-order valence-electron chi connectivity index (χ1n) is 5.17. The smallest absolute Gasteiger partial charge is 0.149 e. The van der Waals surface area contributed by atoms with Crippen LogP contribution in [-0.4, -0.2) is 10.1 Å². The van der Waals surface area contributed by atoms with E-state index in [9.17, 15) is 9.50 Å². The van der Waals surface area contributed by atoms with Gasteiger partial charge in [-0.2, -0.15) is 0 Å². The molecule has 4 heteroatoms. The average Bonchev–Trinajstić information content (AvgIpc) is 2.30. The zero-order valence-corrected chi connectivity index (χ0v) is 9.95. The summed E-state index contributed by atoms with van der Waals surface area (Å²) < 4.78 is 13.6. The molecule has 0 radical (unpaired) electrons. The molecular formula is C13H11ClFNO. The topological polar surface area (TPSA) is 33.1 Å². The van der Waals surface area contributed by atoms with Crippen molar-refractivity contribution >= 4 is 11.6 Å². The normalized spacial score (nSPS) is 12.5. The number of aliphatic hydroxyl groups excluding tert-OH is 1. The zero-order valence-electron chi connectivity index (χ0n) is 9.19. The van der Waals surface area contributed by atoms with Crippen LogP contribution in [0, 0.1) is 5.82 Å². The molecule has 0 fully saturated rings. The van der Waals surface area contributed by atoms with Crippen LogP contribution in [0.1, 0.15) is 18.6 Å². The van der Waals surface area contributed by atoms with E-state index in [2.05, 4.69) is 4.98 Å². The molecule has 0 amide bonds. The van der Waals surface area contributed by atoms with Gasteiger partial charge in [-0.1, -0.05) is 17.7 Å². The lowest BCUT2D eigenvalue weighted by molar-refractivity contribution is 0.200. The summed E-state index contributed by atoms with van der Waals surface area (Å²) in [5, 5.41) is 10.2. The maximum atomic E-state index is 13.6.